The summed E-state index contributed by atoms with van der Waals surface area (Å²) < 4.78 is 5.03. The number of halogens is 1. The average Bonchev–Trinajstić information content (AvgIpc) is 2.74. The van der Waals surface area contributed by atoms with Crippen LogP contribution < -0.4 is 20.7 Å². The number of anilines is 3. The van der Waals surface area contributed by atoms with E-state index < -0.39 is 0 Å². The minimum absolute atomic E-state index is 0.0316. The van der Waals surface area contributed by atoms with Gasteiger partial charge in [-0.15, -0.1) is 0 Å². The average molecular weight is 412 g/mol. The van der Waals surface area contributed by atoms with Crippen LogP contribution in [-0.4, -0.2) is 33.6 Å². The fourth-order valence-corrected chi connectivity index (χ4v) is 3.61. The summed E-state index contributed by atoms with van der Waals surface area (Å²) in [5.74, 6) is 0.801. The summed E-state index contributed by atoms with van der Waals surface area (Å²) in [6.07, 6.45) is 5.91. The van der Waals surface area contributed by atoms with Crippen molar-refractivity contribution in [2.75, 3.05) is 29.6 Å². The minimum Gasteiger partial charge on any atom is -0.467 e. The minimum atomic E-state index is -0.0316. The van der Waals surface area contributed by atoms with E-state index in [9.17, 15) is 0 Å². The molecule has 0 radical (unpaired) electrons. The maximum absolute atomic E-state index is 6.19. The predicted octanol–water partition coefficient (Wildman–Crippen LogP) is 3.25. The summed E-state index contributed by atoms with van der Waals surface area (Å²) in [5.41, 5.74) is 10.9. The van der Waals surface area contributed by atoms with Gasteiger partial charge in [0, 0.05) is 48.1 Å². The van der Waals surface area contributed by atoms with Crippen LogP contribution in [0, 0.1) is 0 Å². The Labute approximate surface area is 174 Å². The van der Waals surface area contributed by atoms with Gasteiger partial charge in [-0.25, -0.2) is 19.9 Å². The third kappa shape index (κ3) is 4.02. The number of rotatable bonds is 5. The first kappa shape index (κ1) is 19.2. The topological polar surface area (TPSA) is 102 Å². The molecule has 3 aromatic rings. The zero-order chi connectivity index (χ0) is 20.4. The maximum Gasteiger partial charge on any atom is 0.316 e. The van der Waals surface area contributed by atoms with E-state index >= 15 is 0 Å². The van der Waals surface area contributed by atoms with Crippen molar-refractivity contribution in [1.82, 2.24) is 19.9 Å². The molecule has 1 aliphatic heterocycles. The van der Waals surface area contributed by atoms with Gasteiger partial charge >= 0.3 is 6.01 Å². The Balaban J connectivity index is 1.57. The Kier molecular flexibility index (Phi) is 5.35. The molecule has 0 aliphatic carbocycles. The molecule has 1 aromatic carbocycles. The molecule has 1 atom stereocenters. The molecule has 0 saturated carbocycles. The van der Waals surface area contributed by atoms with Crippen LogP contribution in [0.1, 0.15) is 29.8 Å². The highest BCUT2D eigenvalue weighted by Gasteiger charge is 2.23. The molecule has 3 heterocycles. The Morgan fingerprint density at radius 3 is 2.72 bits per heavy atom. The van der Waals surface area contributed by atoms with E-state index in [1.54, 1.807) is 31.9 Å². The number of nitrogen functional groups attached to an aromatic ring is 1. The highest BCUT2D eigenvalue weighted by molar-refractivity contribution is 6.31. The quantitative estimate of drug-likeness (QED) is 0.617. The van der Waals surface area contributed by atoms with Crippen molar-refractivity contribution in [2.24, 2.45) is 0 Å². The lowest BCUT2D eigenvalue weighted by atomic mass is 10.0. The SMILES string of the molecule is COc1ncc([C@@H](C)Nc2ncnc3c2CN(c2ccc(Cl)cc2N)CC3)cn1. The van der Waals surface area contributed by atoms with Gasteiger partial charge in [-0.05, 0) is 25.1 Å². The first-order valence-electron chi connectivity index (χ1n) is 9.30. The number of hydrogen-bond donors (Lipinski definition) is 2. The van der Waals surface area contributed by atoms with Crippen LogP contribution in [-0.2, 0) is 13.0 Å². The van der Waals surface area contributed by atoms with Gasteiger partial charge in [0.2, 0.25) is 0 Å². The molecule has 150 valence electrons. The molecule has 3 N–H and O–H groups in total. The normalized spacial score (nSPS) is 14.2. The molecule has 0 amide bonds. The largest absolute Gasteiger partial charge is 0.467 e. The van der Waals surface area contributed by atoms with Crippen LogP contribution in [0.4, 0.5) is 17.2 Å². The second kappa shape index (κ2) is 8.08. The lowest BCUT2D eigenvalue weighted by Gasteiger charge is -2.32. The van der Waals surface area contributed by atoms with Crippen LogP contribution >= 0.6 is 11.6 Å². The van der Waals surface area contributed by atoms with Crippen molar-refractivity contribution < 1.29 is 4.74 Å². The fourth-order valence-electron chi connectivity index (χ4n) is 3.43. The van der Waals surface area contributed by atoms with Crippen LogP contribution in [0.3, 0.4) is 0 Å². The molecule has 4 rings (SSSR count). The van der Waals surface area contributed by atoms with Gasteiger partial charge < -0.3 is 20.7 Å². The summed E-state index contributed by atoms with van der Waals surface area (Å²) >= 11 is 6.05. The van der Waals surface area contributed by atoms with Crippen molar-refractivity contribution in [3.8, 4) is 6.01 Å². The van der Waals surface area contributed by atoms with E-state index in [2.05, 4.69) is 30.2 Å². The van der Waals surface area contributed by atoms with E-state index in [4.69, 9.17) is 22.1 Å². The summed E-state index contributed by atoms with van der Waals surface area (Å²) in [5, 5.41) is 4.10. The number of ether oxygens (including phenoxy) is 1. The monoisotopic (exact) mass is 411 g/mol. The molecule has 1 aliphatic rings. The molecule has 0 fully saturated rings. The molecular weight excluding hydrogens is 390 g/mol. The molecule has 0 spiro atoms. The van der Waals surface area contributed by atoms with Crippen LogP contribution in [0.15, 0.2) is 36.9 Å². The van der Waals surface area contributed by atoms with E-state index in [1.165, 1.54) is 0 Å². The first-order valence-corrected chi connectivity index (χ1v) is 9.68. The maximum atomic E-state index is 6.19. The van der Waals surface area contributed by atoms with Crippen LogP contribution in [0.5, 0.6) is 6.01 Å². The molecule has 8 nitrogen and oxygen atoms in total. The number of benzene rings is 1. The second-order valence-corrected chi connectivity index (χ2v) is 7.33. The molecule has 0 unspecified atom stereocenters. The fraction of sp³-hybridized carbons (Fsp3) is 0.300. The third-order valence-corrected chi connectivity index (χ3v) is 5.25. The Bertz CT molecular complexity index is 1010. The standard InChI is InChI=1S/C20H22ClN7O/c1-12(13-8-23-20(29-2)24-9-13)27-19-15-10-28(6-5-17(15)25-11-26-19)18-4-3-14(21)7-16(18)22/h3-4,7-9,11-12H,5-6,10,22H2,1-2H3,(H,25,26,27)/t12-/m1/s1. The Morgan fingerprint density at radius 2 is 2.00 bits per heavy atom. The second-order valence-electron chi connectivity index (χ2n) is 6.89. The van der Waals surface area contributed by atoms with Crippen molar-refractivity contribution in [3.05, 3.63) is 58.8 Å². The number of nitrogens with zero attached hydrogens (tertiary/aromatic N) is 5. The molecule has 0 bridgehead atoms. The van der Waals surface area contributed by atoms with Crippen molar-refractivity contribution in [3.63, 3.8) is 0 Å². The zero-order valence-electron chi connectivity index (χ0n) is 16.3. The highest BCUT2D eigenvalue weighted by atomic mass is 35.5. The van der Waals surface area contributed by atoms with E-state index in [-0.39, 0.29) is 6.04 Å². The lowest BCUT2D eigenvalue weighted by Crippen LogP contribution is -2.32. The summed E-state index contributed by atoms with van der Waals surface area (Å²) in [6, 6.07) is 5.90. The summed E-state index contributed by atoms with van der Waals surface area (Å²) in [6.45, 7) is 3.53. The highest BCUT2D eigenvalue weighted by Crippen LogP contribution is 2.33. The summed E-state index contributed by atoms with van der Waals surface area (Å²) in [7, 11) is 1.54. The van der Waals surface area contributed by atoms with Gasteiger partial charge in [-0.2, -0.15) is 0 Å². The smallest absolute Gasteiger partial charge is 0.316 e. The van der Waals surface area contributed by atoms with Gasteiger partial charge in [-0.1, -0.05) is 11.6 Å². The zero-order valence-corrected chi connectivity index (χ0v) is 17.0. The molecule has 29 heavy (non-hydrogen) atoms. The number of nitrogens with one attached hydrogen (secondary N) is 1. The van der Waals surface area contributed by atoms with E-state index in [0.29, 0.717) is 23.3 Å². The molecule has 2 aromatic heterocycles. The van der Waals surface area contributed by atoms with Crippen molar-refractivity contribution >= 4 is 28.8 Å². The molecular formula is C20H22ClN7O. The number of fused-ring (bicyclic) bond motifs is 1. The van der Waals surface area contributed by atoms with Gasteiger partial charge in [0.15, 0.2) is 0 Å². The predicted molar refractivity (Wildman–Crippen MR) is 113 cm³/mol. The van der Waals surface area contributed by atoms with Crippen molar-refractivity contribution in [2.45, 2.75) is 25.9 Å². The van der Waals surface area contributed by atoms with Crippen molar-refractivity contribution in [1.29, 1.82) is 0 Å². The third-order valence-electron chi connectivity index (χ3n) is 5.02. The summed E-state index contributed by atoms with van der Waals surface area (Å²) in [4.78, 5) is 19.5. The molecule has 0 saturated heterocycles. The Morgan fingerprint density at radius 1 is 1.21 bits per heavy atom. The number of aromatic nitrogens is 4. The number of nitrogens with two attached hydrogens (primary N) is 1. The van der Waals surface area contributed by atoms with E-state index in [1.807, 2.05) is 19.1 Å². The van der Waals surface area contributed by atoms with Gasteiger partial charge in [0.25, 0.3) is 0 Å². The molecule has 9 heteroatoms. The van der Waals surface area contributed by atoms with Gasteiger partial charge in [-0.3, -0.25) is 0 Å². The van der Waals surface area contributed by atoms with Crippen LogP contribution in [0.25, 0.3) is 0 Å². The van der Waals surface area contributed by atoms with Crippen LogP contribution in [0.2, 0.25) is 5.02 Å². The number of hydrogen-bond acceptors (Lipinski definition) is 8. The van der Waals surface area contributed by atoms with Gasteiger partial charge in [0.05, 0.1) is 30.2 Å². The lowest BCUT2D eigenvalue weighted by molar-refractivity contribution is 0.379. The van der Waals surface area contributed by atoms with Gasteiger partial charge in [0.1, 0.15) is 12.1 Å². The first-order chi connectivity index (χ1) is 14.0. The number of methoxy groups -OCH3 is 1. The Hall–Kier alpha value is -3.13. The van der Waals surface area contributed by atoms with E-state index in [0.717, 1.165) is 41.3 Å².